The molecule has 0 aromatic heterocycles. The van der Waals surface area contributed by atoms with Crippen molar-refractivity contribution < 1.29 is 19.8 Å². The predicted molar refractivity (Wildman–Crippen MR) is 60.3 cm³/mol. The van der Waals surface area contributed by atoms with Gasteiger partial charge < -0.3 is 19.8 Å². The maximum absolute atomic E-state index is 8.98. The van der Waals surface area contributed by atoms with Crippen LogP contribution in [0.15, 0.2) is 24.3 Å². The lowest BCUT2D eigenvalue weighted by molar-refractivity contribution is 0.368. The number of aromatic hydroxyl groups is 1. The normalized spacial score (nSPS) is 9.67. The topological polar surface area (TPSA) is 80.9 Å². The van der Waals surface area contributed by atoms with Crippen LogP contribution in [0.1, 0.15) is 25.3 Å². The molecule has 0 bridgehead atoms. The summed E-state index contributed by atoms with van der Waals surface area (Å²) in [7, 11) is -2.62. The third-order valence-electron chi connectivity index (χ3n) is 1.76. The molecule has 5 heteroatoms. The molecule has 1 rings (SSSR count). The zero-order chi connectivity index (χ0) is 11.7. The van der Waals surface area contributed by atoms with Crippen LogP contribution in [0.4, 0.5) is 0 Å². The molecule has 0 saturated heterocycles. The van der Waals surface area contributed by atoms with E-state index < -0.39 is 8.60 Å². The number of rotatable bonds is 3. The lowest BCUT2D eigenvalue weighted by atomic mass is 10.1. The average molecular weight is 232 g/mol. The molecule has 4 N–H and O–H groups in total. The van der Waals surface area contributed by atoms with E-state index in [1.54, 1.807) is 12.1 Å². The van der Waals surface area contributed by atoms with E-state index in [4.69, 9.17) is 19.8 Å². The molecule has 1 aromatic rings. The van der Waals surface area contributed by atoms with Crippen molar-refractivity contribution in [2.45, 2.75) is 26.2 Å². The van der Waals surface area contributed by atoms with E-state index in [1.165, 1.54) is 18.4 Å². The predicted octanol–water partition coefficient (Wildman–Crippen LogP) is 1.93. The van der Waals surface area contributed by atoms with Crippen LogP contribution >= 0.6 is 8.60 Å². The van der Waals surface area contributed by atoms with Crippen LogP contribution < -0.4 is 0 Å². The van der Waals surface area contributed by atoms with Crippen LogP contribution in [0, 0.1) is 0 Å². The molecule has 0 radical (unpaired) electrons. The standard InChI is InChI=1S/C10H14O.H3O3P/c1-2-3-4-9-5-7-10(11)8-6-9;1-4(2)3/h5-8,11H,2-4H2,1H3;1-3H. The van der Waals surface area contributed by atoms with Crippen LogP contribution in [-0.4, -0.2) is 19.8 Å². The van der Waals surface area contributed by atoms with Crippen LogP contribution in [0.5, 0.6) is 5.75 Å². The third-order valence-corrected chi connectivity index (χ3v) is 1.76. The fraction of sp³-hybridized carbons (Fsp3) is 0.400. The van der Waals surface area contributed by atoms with Gasteiger partial charge in [0.1, 0.15) is 5.75 Å². The minimum Gasteiger partial charge on any atom is -0.508 e. The first kappa shape index (κ1) is 14.3. The van der Waals surface area contributed by atoms with Gasteiger partial charge in [0.05, 0.1) is 0 Å². The number of benzene rings is 1. The monoisotopic (exact) mass is 232 g/mol. The molecule has 4 nitrogen and oxygen atoms in total. The SMILES string of the molecule is CCCCc1ccc(O)cc1.OP(O)O. The summed E-state index contributed by atoms with van der Waals surface area (Å²) in [4.78, 5) is 21.7. The fourth-order valence-electron chi connectivity index (χ4n) is 1.04. The molecular weight excluding hydrogens is 215 g/mol. The Labute approximate surface area is 90.8 Å². The Kier molecular flexibility index (Phi) is 8.24. The Morgan fingerprint density at radius 3 is 1.93 bits per heavy atom. The molecule has 1 aromatic carbocycles. The third kappa shape index (κ3) is 9.63. The number of phenolic OH excluding ortho intramolecular Hbond substituents is 1. The van der Waals surface area contributed by atoms with Crippen molar-refractivity contribution in [3.63, 3.8) is 0 Å². The van der Waals surface area contributed by atoms with Crippen molar-refractivity contribution in [3.8, 4) is 5.75 Å². The molecule has 0 aliphatic heterocycles. The Morgan fingerprint density at radius 2 is 1.53 bits per heavy atom. The van der Waals surface area contributed by atoms with E-state index in [0.29, 0.717) is 5.75 Å². The largest absolute Gasteiger partial charge is 0.508 e. The smallest absolute Gasteiger partial charge is 0.324 e. The highest BCUT2D eigenvalue weighted by atomic mass is 31.2. The zero-order valence-corrected chi connectivity index (χ0v) is 9.56. The van der Waals surface area contributed by atoms with Crippen molar-refractivity contribution in [2.24, 2.45) is 0 Å². The Balaban J connectivity index is 0.000000423. The van der Waals surface area contributed by atoms with Gasteiger partial charge in [-0.05, 0) is 30.5 Å². The van der Waals surface area contributed by atoms with Crippen LogP contribution in [0.3, 0.4) is 0 Å². The van der Waals surface area contributed by atoms with Gasteiger partial charge >= 0.3 is 8.60 Å². The summed E-state index contributed by atoms with van der Waals surface area (Å²) in [6, 6.07) is 7.44. The number of phenols is 1. The van der Waals surface area contributed by atoms with E-state index >= 15 is 0 Å². The minimum atomic E-state index is -2.62. The molecule has 0 heterocycles. The van der Waals surface area contributed by atoms with Gasteiger partial charge in [0, 0.05) is 0 Å². The Bertz CT molecular complexity index is 245. The lowest BCUT2D eigenvalue weighted by Gasteiger charge is -1.98. The molecule has 15 heavy (non-hydrogen) atoms. The summed E-state index contributed by atoms with van der Waals surface area (Å²) in [5, 5.41) is 8.98. The van der Waals surface area contributed by atoms with E-state index in [0.717, 1.165) is 6.42 Å². The summed E-state index contributed by atoms with van der Waals surface area (Å²) in [5.41, 5.74) is 1.31. The van der Waals surface area contributed by atoms with Crippen LogP contribution in [0.25, 0.3) is 0 Å². The number of hydrogen-bond donors (Lipinski definition) is 4. The Hall–Kier alpha value is -0.670. The Morgan fingerprint density at radius 1 is 1.07 bits per heavy atom. The van der Waals surface area contributed by atoms with E-state index in [9.17, 15) is 0 Å². The van der Waals surface area contributed by atoms with Crippen molar-refractivity contribution >= 4 is 8.60 Å². The number of aryl methyl sites for hydroxylation is 1. The van der Waals surface area contributed by atoms with E-state index in [-0.39, 0.29) is 0 Å². The second-order valence-electron chi connectivity index (χ2n) is 3.04. The first-order chi connectivity index (χ1) is 7.06. The molecule has 0 fully saturated rings. The molecule has 0 saturated carbocycles. The molecule has 0 amide bonds. The first-order valence-electron chi connectivity index (χ1n) is 4.71. The summed E-state index contributed by atoms with van der Waals surface area (Å²) in [6.07, 6.45) is 3.57. The highest BCUT2D eigenvalue weighted by Gasteiger charge is 1.91. The maximum Gasteiger partial charge on any atom is 0.324 e. The van der Waals surface area contributed by atoms with Crippen molar-refractivity contribution in [1.29, 1.82) is 0 Å². The maximum atomic E-state index is 8.98. The van der Waals surface area contributed by atoms with Gasteiger partial charge in [-0.15, -0.1) is 0 Å². The molecule has 0 spiro atoms. The minimum absolute atomic E-state index is 0.352. The average Bonchev–Trinajstić information content (AvgIpc) is 2.16. The highest BCUT2D eigenvalue weighted by Crippen LogP contribution is 2.12. The first-order valence-corrected chi connectivity index (χ1v) is 5.91. The molecule has 0 aliphatic carbocycles. The molecule has 0 unspecified atom stereocenters. The second kappa shape index (κ2) is 8.62. The quantitative estimate of drug-likeness (QED) is 0.600. The summed E-state index contributed by atoms with van der Waals surface area (Å²) >= 11 is 0. The number of unbranched alkanes of at least 4 members (excludes halogenated alkanes) is 1. The van der Waals surface area contributed by atoms with Gasteiger partial charge in [0.15, 0.2) is 0 Å². The van der Waals surface area contributed by atoms with Gasteiger partial charge in [-0.1, -0.05) is 25.5 Å². The van der Waals surface area contributed by atoms with Crippen LogP contribution in [0.2, 0.25) is 0 Å². The van der Waals surface area contributed by atoms with Gasteiger partial charge in [-0.25, -0.2) is 0 Å². The molecule has 0 atom stereocenters. The summed E-state index contributed by atoms with van der Waals surface area (Å²) in [6.45, 7) is 2.18. The van der Waals surface area contributed by atoms with E-state index in [2.05, 4.69) is 6.92 Å². The second-order valence-corrected chi connectivity index (χ2v) is 3.57. The van der Waals surface area contributed by atoms with E-state index in [1.807, 2.05) is 12.1 Å². The van der Waals surface area contributed by atoms with Gasteiger partial charge in [-0.3, -0.25) is 0 Å². The van der Waals surface area contributed by atoms with Crippen LogP contribution in [-0.2, 0) is 6.42 Å². The lowest BCUT2D eigenvalue weighted by Crippen LogP contribution is -1.82. The summed E-state index contributed by atoms with van der Waals surface area (Å²) in [5.74, 6) is 0.352. The van der Waals surface area contributed by atoms with Crippen molar-refractivity contribution in [3.05, 3.63) is 29.8 Å². The molecule has 0 aliphatic rings. The number of hydrogen-bond acceptors (Lipinski definition) is 4. The fourth-order valence-corrected chi connectivity index (χ4v) is 1.04. The van der Waals surface area contributed by atoms with Crippen molar-refractivity contribution in [1.82, 2.24) is 0 Å². The summed E-state index contributed by atoms with van der Waals surface area (Å²) < 4.78 is 0. The highest BCUT2D eigenvalue weighted by molar-refractivity contribution is 7.38. The zero-order valence-electron chi connectivity index (χ0n) is 8.67. The van der Waals surface area contributed by atoms with Gasteiger partial charge in [-0.2, -0.15) is 0 Å². The molecule has 86 valence electrons. The molecular formula is C10H17O4P. The van der Waals surface area contributed by atoms with Gasteiger partial charge in [0.2, 0.25) is 0 Å². The van der Waals surface area contributed by atoms with Gasteiger partial charge in [0.25, 0.3) is 0 Å². The van der Waals surface area contributed by atoms with Crippen molar-refractivity contribution in [2.75, 3.05) is 0 Å².